The Kier molecular flexibility index (Phi) is 3.01. The van der Waals surface area contributed by atoms with E-state index in [1.54, 1.807) is 18.0 Å². The average Bonchev–Trinajstić information content (AvgIpc) is 2.66. The molecule has 2 rings (SSSR count). The largest absolute Gasteiger partial charge is 0.338 e. The fraction of sp³-hybridized carbons (Fsp3) is 0.300. The summed E-state index contributed by atoms with van der Waals surface area (Å²) in [6.07, 6.45) is 1.77. The van der Waals surface area contributed by atoms with Gasteiger partial charge in [0.25, 0.3) is 0 Å². The van der Waals surface area contributed by atoms with Crippen molar-refractivity contribution in [1.82, 2.24) is 15.1 Å². The first-order valence-electron chi connectivity index (χ1n) is 4.63. The summed E-state index contributed by atoms with van der Waals surface area (Å²) < 4.78 is 5.09. The highest BCUT2D eigenvalue weighted by atomic mass is 32.2. The maximum Gasteiger partial charge on any atom is 0.239 e. The van der Waals surface area contributed by atoms with E-state index in [1.165, 1.54) is 0 Å². The predicted molar refractivity (Wildman–Crippen MR) is 57.5 cm³/mol. The molecule has 0 N–H and O–H groups in total. The third kappa shape index (κ3) is 2.56. The molecule has 2 aromatic heterocycles. The van der Waals surface area contributed by atoms with Crippen LogP contribution >= 0.6 is 11.8 Å². The number of hydrogen-bond donors (Lipinski definition) is 0. The Morgan fingerprint density at radius 2 is 2.27 bits per heavy atom. The molecule has 0 saturated heterocycles. The van der Waals surface area contributed by atoms with Crippen molar-refractivity contribution in [3.8, 4) is 0 Å². The zero-order chi connectivity index (χ0) is 10.7. The molecule has 0 unspecified atom stereocenters. The number of hydrogen-bond acceptors (Lipinski definition) is 5. The van der Waals surface area contributed by atoms with E-state index >= 15 is 0 Å². The van der Waals surface area contributed by atoms with Crippen LogP contribution in [0.2, 0.25) is 0 Å². The van der Waals surface area contributed by atoms with Crippen LogP contribution in [0, 0.1) is 6.92 Å². The first-order valence-corrected chi connectivity index (χ1v) is 5.51. The number of thioether (sulfide) groups is 1. The topological polar surface area (TPSA) is 51.8 Å². The Morgan fingerprint density at radius 1 is 1.40 bits per heavy atom. The molecule has 0 aliphatic carbocycles. The van der Waals surface area contributed by atoms with Gasteiger partial charge in [0, 0.05) is 6.20 Å². The van der Waals surface area contributed by atoms with Crippen LogP contribution in [-0.4, -0.2) is 15.1 Å². The van der Waals surface area contributed by atoms with Crippen LogP contribution in [0.1, 0.15) is 23.9 Å². The molecular weight excluding hydrogens is 210 g/mol. The number of pyridine rings is 1. The Balaban J connectivity index is 2.07. The summed E-state index contributed by atoms with van der Waals surface area (Å²) in [4.78, 5) is 8.40. The van der Waals surface area contributed by atoms with Gasteiger partial charge in [-0.25, -0.2) is 4.98 Å². The molecule has 5 heteroatoms. The molecule has 2 aromatic rings. The van der Waals surface area contributed by atoms with Gasteiger partial charge < -0.3 is 4.52 Å². The quantitative estimate of drug-likeness (QED) is 0.746. The number of aryl methyl sites for hydroxylation is 1. The lowest BCUT2D eigenvalue weighted by molar-refractivity contribution is 0.376. The lowest BCUT2D eigenvalue weighted by Gasteiger charge is -2.04. The fourth-order valence-corrected chi connectivity index (χ4v) is 1.96. The minimum Gasteiger partial charge on any atom is -0.338 e. The Hall–Kier alpha value is -1.36. The van der Waals surface area contributed by atoms with Gasteiger partial charge in [0.15, 0.2) is 5.82 Å². The molecule has 4 nitrogen and oxygen atoms in total. The molecule has 0 spiro atoms. The molecule has 0 aliphatic rings. The Labute approximate surface area is 92.1 Å². The second-order valence-electron chi connectivity index (χ2n) is 3.11. The first-order chi connectivity index (χ1) is 7.25. The molecule has 0 radical (unpaired) electrons. The lowest BCUT2D eigenvalue weighted by atomic mass is 10.5. The summed E-state index contributed by atoms with van der Waals surface area (Å²) in [6.45, 7) is 3.83. The highest BCUT2D eigenvalue weighted by molar-refractivity contribution is 7.99. The van der Waals surface area contributed by atoms with Crippen molar-refractivity contribution in [3.05, 3.63) is 36.1 Å². The van der Waals surface area contributed by atoms with Crippen molar-refractivity contribution in [1.29, 1.82) is 0 Å². The van der Waals surface area contributed by atoms with Gasteiger partial charge in [-0.3, -0.25) is 0 Å². The molecule has 0 amide bonds. The molecule has 15 heavy (non-hydrogen) atoms. The van der Waals surface area contributed by atoms with Gasteiger partial charge in [-0.1, -0.05) is 23.0 Å². The van der Waals surface area contributed by atoms with E-state index < -0.39 is 0 Å². The number of rotatable bonds is 3. The van der Waals surface area contributed by atoms with E-state index in [9.17, 15) is 0 Å². The Bertz CT molecular complexity index is 429. The summed E-state index contributed by atoms with van der Waals surface area (Å²) in [7, 11) is 0. The van der Waals surface area contributed by atoms with E-state index in [1.807, 2.05) is 32.0 Å². The van der Waals surface area contributed by atoms with Crippen molar-refractivity contribution in [2.75, 3.05) is 0 Å². The smallest absolute Gasteiger partial charge is 0.239 e. The zero-order valence-corrected chi connectivity index (χ0v) is 9.36. The maximum atomic E-state index is 5.09. The predicted octanol–water partition coefficient (Wildman–Crippen LogP) is 2.63. The molecular formula is C10H11N3OS. The van der Waals surface area contributed by atoms with Crippen molar-refractivity contribution >= 4 is 11.8 Å². The zero-order valence-electron chi connectivity index (χ0n) is 8.54. The van der Waals surface area contributed by atoms with Gasteiger partial charge in [-0.05, 0) is 26.0 Å². The fourth-order valence-electron chi connectivity index (χ4n) is 1.13. The van der Waals surface area contributed by atoms with Crippen LogP contribution in [0.15, 0.2) is 33.9 Å². The lowest BCUT2D eigenvalue weighted by Crippen LogP contribution is -1.89. The van der Waals surface area contributed by atoms with E-state index in [0.29, 0.717) is 11.7 Å². The van der Waals surface area contributed by atoms with Gasteiger partial charge in [0.05, 0.1) is 10.3 Å². The van der Waals surface area contributed by atoms with E-state index in [-0.39, 0.29) is 5.25 Å². The minimum absolute atomic E-state index is 0.126. The van der Waals surface area contributed by atoms with Gasteiger partial charge in [-0.15, -0.1) is 0 Å². The molecule has 2 heterocycles. The molecule has 0 aliphatic heterocycles. The standard InChI is InChI=1S/C10H11N3OS/c1-7(10-12-8(2)13-14-10)15-9-5-3-4-6-11-9/h3-7H,1-2H3/t7-/m0/s1. The van der Waals surface area contributed by atoms with Gasteiger partial charge in [-0.2, -0.15) is 4.98 Å². The SMILES string of the molecule is Cc1noc([C@H](C)Sc2ccccn2)n1. The van der Waals surface area contributed by atoms with E-state index in [4.69, 9.17) is 4.52 Å². The van der Waals surface area contributed by atoms with Crippen molar-refractivity contribution in [2.45, 2.75) is 24.1 Å². The van der Waals surface area contributed by atoms with Gasteiger partial charge in [0.2, 0.25) is 5.89 Å². The summed E-state index contributed by atoms with van der Waals surface area (Å²) in [5.74, 6) is 1.31. The van der Waals surface area contributed by atoms with Gasteiger partial charge in [0.1, 0.15) is 0 Å². The second-order valence-corrected chi connectivity index (χ2v) is 4.47. The van der Waals surface area contributed by atoms with Crippen LogP contribution in [0.25, 0.3) is 0 Å². The summed E-state index contributed by atoms with van der Waals surface area (Å²) in [5.41, 5.74) is 0. The van der Waals surface area contributed by atoms with Crippen LogP contribution in [0.3, 0.4) is 0 Å². The second kappa shape index (κ2) is 4.44. The van der Waals surface area contributed by atoms with Gasteiger partial charge >= 0.3 is 0 Å². The van der Waals surface area contributed by atoms with Crippen LogP contribution in [0.5, 0.6) is 0 Å². The van der Waals surface area contributed by atoms with Crippen molar-refractivity contribution in [3.63, 3.8) is 0 Å². The summed E-state index contributed by atoms with van der Waals surface area (Å²) in [5, 5.41) is 4.84. The maximum absolute atomic E-state index is 5.09. The first kappa shape index (κ1) is 10.2. The number of aromatic nitrogens is 3. The van der Waals surface area contributed by atoms with Crippen LogP contribution < -0.4 is 0 Å². The molecule has 78 valence electrons. The monoisotopic (exact) mass is 221 g/mol. The van der Waals surface area contributed by atoms with Crippen molar-refractivity contribution < 1.29 is 4.52 Å². The molecule has 1 atom stereocenters. The Morgan fingerprint density at radius 3 is 2.87 bits per heavy atom. The highest BCUT2D eigenvalue weighted by Gasteiger charge is 2.14. The summed E-state index contributed by atoms with van der Waals surface area (Å²) >= 11 is 1.60. The molecule has 0 saturated carbocycles. The third-order valence-electron chi connectivity index (χ3n) is 1.83. The summed E-state index contributed by atoms with van der Waals surface area (Å²) in [6, 6.07) is 5.82. The highest BCUT2D eigenvalue weighted by Crippen LogP contribution is 2.32. The normalized spacial score (nSPS) is 12.7. The van der Waals surface area contributed by atoms with E-state index in [0.717, 1.165) is 5.03 Å². The third-order valence-corrected chi connectivity index (χ3v) is 2.86. The minimum atomic E-state index is 0.126. The molecule has 0 bridgehead atoms. The van der Waals surface area contributed by atoms with Crippen LogP contribution in [-0.2, 0) is 0 Å². The molecule has 0 aromatic carbocycles. The average molecular weight is 221 g/mol. The number of nitrogens with zero attached hydrogens (tertiary/aromatic N) is 3. The van der Waals surface area contributed by atoms with Crippen LogP contribution in [0.4, 0.5) is 0 Å². The van der Waals surface area contributed by atoms with E-state index in [2.05, 4.69) is 15.1 Å². The van der Waals surface area contributed by atoms with Crippen molar-refractivity contribution in [2.24, 2.45) is 0 Å². The molecule has 0 fully saturated rings.